The van der Waals surface area contributed by atoms with E-state index in [9.17, 15) is 18.0 Å². The van der Waals surface area contributed by atoms with Crippen LogP contribution in [0.3, 0.4) is 0 Å². The van der Waals surface area contributed by atoms with Crippen LogP contribution >= 0.6 is 12.4 Å². The number of nitrogens with one attached hydrogen (secondary N) is 1. The maximum Gasteiger partial charge on any atom is 0.573 e. The fourth-order valence-electron chi connectivity index (χ4n) is 2.22. The third kappa shape index (κ3) is 8.19. The molecule has 0 radical (unpaired) electrons. The van der Waals surface area contributed by atoms with E-state index in [0.717, 1.165) is 0 Å². The van der Waals surface area contributed by atoms with Crippen molar-refractivity contribution in [3.05, 3.63) is 54.1 Å². The normalized spacial score (nSPS) is 10.7. The molecule has 9 heteroatoms. The number of carbonyl (C=O) groups is 1. The van der Waals surface area contributed by atoms with Crippen LogP contribution in [-0.2, 0) is 11.2 Å². The number of amides is 1. The first-order valence-electron chi connectivity index (χ1n) is 7.94. The highest BCUT2D eigenvalue weighted by atomic mass is 35.5. The van der Waals surface area contributed by atoms with Gasteiger partial charge in [-0.2, -0.15) is 0 Å². The molecule has 1 amide bonds. The fourth-order valence-corrected chi connectivity index (χ4v) is 2.22. The summed E-state index contributed by atoms with van der Waals surface area (Å²) in [4.78, 5) is 12.0. The summed E-state index contributed by atoms with van der Waals surface area (Å²) >= 11 is 0. The van der Waals surface area contributed by atoms with Crippen LogP contribution in [0.15, 0.2) is 48.5 Å². The highest BCUT2D eigenvalue weighted by molar-refractivity contribution is 5.90. The summed E-state index contributed by atoms with van der Waals surface area (Å²) in [6.07, 6.45) is -4.63. The summed E-state index contributed by atoms with van der Waals surface area (Å²) in [5, 5.41) is 2.68. The molecule has 0 aliphatic carbocycles. The molecular formula is C18H20ClF3N2O3. The predicted octanol–water partition coefficient (Wildman–Crippen LogP) is 3.92. The molecule has 0 unspecified atom stereocenters. The second-order valence-electron chi connectivity index (χ2n) is 5.37. The number of carbonyl (C=O) groups excluding carboxylic acids is 1. The molecule has 0 aliphatic rings. The van der Waals surface area contributed by atoms with Gasteiger partial charge in [0.05, 0.1) is 0 Å². The van der Waals surface area contributed by atoms with E-state index in [1.54, 1.807) is 30.3 Å². The van der Waals surface area contributed by atoms with Gasteiger partial charge in [-0.05, 0) is 42.3 Å². The van der Waals surface area contributed by atoms with Crippen LogP contribution in [0.4, 0.5) is 18.9 Å². The Balaban J connectivity index is 0.00000364. The van der Waals surface area contributed by atoms with E-state index in [2.05, 4.69) is 10.1 Å². The zero-order chi connectivity index (χ0) is 19.0. The molecule has 0 fully saturated rings. The molecule has 2 aromatic carbocycles. The molecule has 2 rings (SSSR count). The van der Waals surface area contributed by atoms with Gasteiger partial charge in [0.25, 0.3) is 0 Å². The lowest BCUT2D eigenvalue weighted by atomic mass is 10.1. The lowest BCUT2D eigenvalue weighted by Gasteiger charge is -2.13. The van der Waals surface area contributed by atoms with Crippen LogP contribution in [-0.4, -0.2) is 25.4 Å². The second kappa shape index (κ2) is 10.6. The third-order valence-corrected chi connectivity index (χ3v) is 3.34. The van der Waals surface area contributed by atoms with E-state index in [0.29, 0.717) is 30.2 Å². The van der Waals surface area contributed by atoms with Crippen molar-refractivity contribution < 1.29 is 27.4 Å². The summed E-state index contributed by atoms with van der Waals surface area (Å²) in [6.45, 7) is 0.795. The van der Waals surface area contributed by atoms with Crippen molar-refractivity contribution in [3.8, 4) is 11.5 Å². The van der Waals surface area contributed by atoms with E-state index in [1.807, 2.05) is 0 Å². The summed E-state index contributed by atoms with van der Waals surface area (Å²) < 4.78 is 46.5. The summed E-state index contributed by atoms with van der Waals surface area (Å²) in [5.41, 5.74) is 6.22. The van der Waals surface area contributed by atoms with Crippen molar-refractivity contribution in [1.82, 2.24) is 0 Å². The lowest BCUT2D eigenvalue weighted by Crippen LogP contribution is -2.18. The van der Waals surface area contributed by atoms with Gasteiger partial charge in [-0.25, -0.2) is 0 Å². The number of halogens is 4. The largest absolute Gasteiger partial charge is 0.573 e. The van der Waals surface area contributed by atoms with Crippen LogP contribution < -0.4 is 20.5 Å². The number of hydrogen-bond donors (Lipinski definition) is 2. The average Bonchev–Trinajstić information content (AvgIpc) is 2.59. The lowest BCUT2D eigenvalue weighted by molar-refractivity contribution is -0.274. The third-order valence-electron chi connectivity index (χ3n) is 3.34. The Kier molecular flexibility index (Phi) is 8.90. The van der Waals surface area contributed by atoms with E-state index in [4.69, 9.17) is 10.5 Å². The zero-order valence-electron chi connectivity index (χ0n) is 14.3. The highest BCUT2D eigenvalue weighted by Crippen LogP contribution is 2.27. The van der Waals surface area contributed by atoms with E-state index in [1.165, 1.54) is 18.2 Å². The minimum Gasteiger partial charge on any atom is -0.492 e. The number of nitrogens with two attached hydrogens (primary N) is 1. The molecule has 0 aromatic heterocycles. The number of aryl methyl sites for hydroxylation is 1. The molecule has 0 saturated carbocycles. The minimum atomic E-state index is -4.77. The van der Waals surface area contributed by atoms with E-state index in [-0.39, 0.29) is 36.9 Å². The molecule has 27 heavy (non-hydrogen) atoms. The Bertz CT molecular complexity index is 725. The van der Waals surface area contributed by atoms with Crippen LogP contribution in [0.25, 0.3) is 0 Å². The SMILES string of the molecule is Cl.NCCOc1ccc(NC(=O)CCc2ccccc2OC(F)(F)F)cc1. The van der Waals surface area contributed by atoms with Gasteiger partial charge in [-0.3, -0.25) is 4.79 Å². The summed E-state index contributed by atoms with van der Waals surface area (Å²) in [6, 6.07) is 12.5. The number of alkyl halides is 3. The van der Waals surface area contributed by atoms with Gasteiger partial charge in [-0.15, -0.1) is 25.6 Å². The molecule has 0 heterocycles. The first-order chi connectivity index (χ1) is 12.4. The Morgan fingerprint density at radius 2 is 1.74 bits per heavy atom. The zero-order valence-corrected chi connectivity index (χ0v) is 15.1. The fraction of sp³-hybridized carbons (Fsp3) is 0.278. The number of hydrogen-bond acceptors (Lipinski definition) is 4. The van der Waals surface area contributed by atoms with Gasteiger partial charge in [0, 0.05) is 18.7 Å². The average molecular weight is 405 g/mol. The Morgan fingerprint density at radius 3 is 2.37 bits per heavy atom. The Labute approximate surface area is 161 Å². The molecule has 0 atom stereocenters. The first-order valence-corrected chi connectivity index (χ1v) is 7.94. The van der Waals surface area contributed by atoms with Gasteiger partial charge in [-0.1, -0.05) is 18.2 Å². The van der Waals surface area contributed by atoms with Crippen molar-refractivity contribution in [2.24, 2.45) is 5.73 Å². The standard InChI is InChI=1S/C18H19F3N2O3.ClH/c19-18(20,21)26-16-4-2-1-3-13(16)5-10-17(24)23-14-6-8-15(9-7-14)25-12-11-22;/h1-4,6-9H,5,10-12,22H2,(H,23,24);1H. The molecular weight excluding hydrogens is 385 g/mol. The Hall–Kier alpha value is -2.45. The maximum atomic E-state index is 12.4. The monoisotopic (exact) mass is 404 g/mol. The van der Waals surface area contributed by atoms with Crippen LogP contribution in [0, 0.1) is 0 Å². The molecule has 0 bridgehead atoms. The smallest absolute Gasteiger partial charge is 0.492 e. The second-order valence-corrected chi connectivity index (χ2v) is 5.37. The van der Waals surface area contributed by atoms with Gasteiger partial charge >= 0.3 is 6.36 Å². The van der Waals surface area contributed by atoms with Crippen molar-refractivity contribution in [3.63, 3.8) is 0 Å². The Morgan fingerprint density at radius 1 is 1.07 bits per heavy atom. The number of rotatable bonds is 8. The van der Waals surface area contributed by atoms with Crippen LogP contribution in [0.1, 0.15) is 12.0 Å². The molecule has 5 nitrogen and oxygen atoms in total. The van der Waals surface area contributed by atoms with E-state index < -0.39 is 6.36 Å². The van der Waals surface area contributed by atoms with Gasteiger partial charge < -0.3 is 20.5 Å². The minimum absolute atomic E-state index is 0. The van der Waals surface area contributed by atoms with Gasteiger partial charge in [0.15, 0.2) is 0 Å². The van der Waals surface area contributed by atoms with Crippen molar-refractivity contribution in [2.45, 2.75) is 19.2 Å². The number of ether oxygens (including phenoxy) is 2. The quantitative estimate of drug-likeness (QED) is 0.699. The van der Waals surface area contributed by atoms with Crippen molar-refractivity contribution in [2.75, 3.05) is 18.5 Å². The maximum absolute atomic E-state index is 12.4. The predicted molar refractivity (Wildman–Crippen MR) is 98.3 cm³/mol. The highest BCUT2D eigenvalue weighted by Gasteiger charge is 2.31. The summed E-state index contributed by atoms with van der Waals surface area (Å²) in [5.74, 6) is 0.0170. The summed E-state index contributed by atoms with van der Waals surface area (Å²) in [7, 11) is 0. The number of anilines is 1. The molecule has 0 aliphatic heterocycles. The van der Waals surface area contributed by atoms with Gasteiger partial charge in [0.1, 0.15) is 18.1 Å². The van der Waals surface area contributed by atoms with E-state index >= 15 is 0 Å². The molecule has 148 valence electrons. The topological polar surface area (TPSA) is 73.6 Å². The van der Waals surface area contributed by atoms with Crippen molar-refractivity contribution >= 4 is 24.0 Å². The molecule has 0 saturated heterocycles. The number of benzene rings is 2. The number of para-hydroxylation sites is 1. The molecule has 2 aromatic rings. The molecule has 3 N–H and O–H groups in total. The molecule has 0 spiro atoms. The first kappa shape index (κ1) is 22.6. The van der Waals surface area contributed by atoms with Gasteiger partial charge in [0.2, 0.25) is 5.91 Å². The van der Waals surface area contributed by atoms with Crippen LogP contribution in [0.5, 0.6) is 11.5 Å². The van der Waals surface area contributed by atoms with Crippen LogP contribution in [0.2, 0.25) is 0 Å². The van der Waals surface area contributed by atoms with Crippen molar-refractivity contribution in [1.29, 1.82) is 0 Å².